The first-order valence-electron chi connectivity index (χ1n) is 18.9. The lowest BCUT2D eigenvalue weighted by Gasteiger charge is -2.25. The number of rotatable bonds is 6. The highest BCUT2D eigenvalue weighted by molar-refractivity contribution is 6.34. The summed E-state index contributed by atoms with van der Waals surface area (Å²) in [5.74, 6) is -0.628. The molecular weight excluding hydrogens is 687 g/mol. The lowest BCUT2D eigenvalue weighted by atomic mass is 9.77. The van der Waals surface area contributed by atoms with Crippen LogP contribution in [0.2, 0.25) is 0 Å². The maximum Gasteiger partial charge on any atom is 0.124 e. The molecule has 10 aromatic rings. The van der Waals surface area contributed by atoms with Gasteiger partial charge in [-0.25, -0.2) is 8.78 Å². The fourth-order valence-electron chi connectivity index (χ4n) is 8.60. The van der Waals surface area contributed by atoms with E-state index < -0.39 is 0 Å². The van der Waals surface area contributed by atoms with E-state index in [2.05, 4.69) is 97.1 Å². The molecule has 0 aromatic heterocycles. The van der Waals surface area contributed by atoms with Gasteiger partial charge in [-0.05, 0) is 135 Å². The van der Waals surface area contributed by atoms with E-state index >= 15 is 8.78 Å². The van der Waals surface area contributed by atoms with E-state index in [9.17, 15) is 0 Å². The number of hydrogen-bond donors (Lipinski definition) is 0. The van der Waals surface area contributed by atoms with Gasteiger partial charge in [0.25, 0.3) is 0 Å². The van der Waals surface area contributed by atoms with Gasteiger partial charge in [0.15, 0.2) is 0 Å². The topological polar surface area (TPSA) is 0 Å². The molecule has 2 heteroatoms. The zero-order chi connectivity index (χ0) is 37.6. The summed E-state index contributed by atoms with van der Waals surface area (Å²) in [4.78, 5) is 0. The van der Waals surface area contributed by atoms with Crippen molar-refractivity contribution < 1.29 is 8.78 Å². The lowest BCUT2D eigenvalue weighted by Crippen LogP contribution is -1.98. The van der Waals surface area contributed by atoms with Gasteiger partial charge < -0.3 is 0 Å². The number of halogens is 2. The van der Waals surface area contributed by atoms with Crippen molar-refractivity contribution in [1.29, 1.82) is 0 Å². The molecule has 0 saturated carbocycles. The van der Waals surface area contributed by atoms with E-state index in [-0.39, 0.29) is 11.6 Å². The zero-order valence-electron chi connectivity index (χ0n) is 30.4. The molecular formula is C54H34F2. The standard InChI is InChI=1S/C54H34F2/c55-43-31-39(35-17-5-1-6-18-35)29-41(33-43)51-47-27-15-16-28-48(47)52(42-30-40(32-44(56)34-42)36-19-7-2-8-20-36)54-50(38-23-11-4-12-24-38)46-26-14-13-25-45(46)49(53(51)54)37-21-9-3-10-22-37/h1-34H. The highest BCUT2D eigenvalue weighted by Gasteiger charge is 2.26. The quantitative estimate of drug-likeness (QED) is 0.150. The number of hydrogen-bond acceptors (Lipinski definition) is 0. The Morgan fingerprint density at radius 3 is 0.786 bits per heavy atom. The minimum absolute atomic E-state index is 0.314. The van der Waals surface area contributed by atoms with Gasteiger partial charge in [0.1, 0.15) is 11.6 Å². The molecule has 0 unspecified atom stereocenters. The Hall–Kier alpha value is -7.16. The average Bonchev–Trinajstić information content (AvgIpc) is 3.25. The van der Waals surface area contributed by atoms with Crippen molar-refractivity contribution in [1.82, 2.24) is 0 Å². The summed E-state index contributed by atoms with van der Waals surface area (Å²) in [5, 5.41) is 6.04. The Morgan fingerprint density at radius 2 is 0.464 bits per heavy atom. The van der Waals surface area contributed by atoms with Crippen molar-refractivity contribution in [2.24, 2.45) is 0 Å². The van der Waals surface area contributed by atoms with Gasteiger partial charge in [0.05, 0.1) is 0 Å². The van der Waals surface area contributed by atoms with Gasteiger partial charge in [0.2, 0.25) is 0 Å². The highest BCUT2D eigenvalue weighted by atomic mass is 19.1. The van der Waals surface area contributed by atoms with E-state index in [1.165, 1.54) is 0 Å². The van der Waals surface area contributed by atoms with E-state index in [0.29, 0.717) is 0 Å². The van der Waals surface area contributed by atoms with Gasteiger partial charge in [-0.2, -0.15) is 0 Å². The third-order valence-corrected chi connectivity index (χ3v) is 10.9. The number of fused-ring (bicyclic) bond motifs is 3. The van der Waals surface area contributed by atoms with Crippen LogP contribution < -0.4 is 0 Å². The van der Waals surface area contributed by atoms with Crippen LogP contribution in [0, 0.1) is 11.6 Å². The Labute approximate surface area is 324 Å². The maximum atomic E-state index is 16.2. The second-order valence-electron chi connectivity index (χ2n) is 14.3. The zero-order valence-corrected chi connectivity index (χ0v) is 30.4. The summed E-state index contributed by atoms with van der Waals surface area (Å²) < 4.78 is 32.3. The van der Waals surface area contributed by atoms with Gasteiger partial charge in [-0.1, -0.05) is 170 Å². The highest BCUT2D eigenvalue weighted by Crippen LogP contribution is 2.54. The van der Waals surface area contributed by atoms with E-state index in [1.54, 1.807) is 24.3 Å². The van der Waals surface area contributed by atoms with Crippen molar-refractivity contribution in [2.45, 2.75) is 0 Å². The Morgan fingerprint density at radius 1 is 0.214 bits per heavy atom. The average molecular weight is 721 g/mol. The molecule has 0 nitrogen and oxygen atoms in total. The third kappa shape index (κ3) is 5.75. The molecule has 10 rings (SSSR count). The second kappa shape index (κ2) is 13.9. The normalized spacial score (nSPS) is 11.4. The Kier molecular flexibility index (Phi) is 8.30. The summed E-state index contributed by atoms with van der Waals surface area (Å²) in [6.45, 7) is 0. The largest absolute Gasteiger partial charge is 0.207 e. The summed E-state index contributed by atoms with van der Waals surface area (Å²) in [7, 11) is 0. The first-order valence-corrected chi connectivity index (χ1v) is 18.9. The molecule has 264 valence electrons. The molecule has 0 bridgehead atoms. The van der Waals surface area contributed by atoms with Crippen LogP contribution in [-0.2, 0) is 0 Å². The second-order valence-corrected chi connectivity index (χ2v) is 14.3. The Bertz CT molecular complexity index is 2850. The SMILES string of the molecule is Fc1cc(-c2ccccc2)cc(-c2c3ccccc3c(-c3cc(F)cc(-c4ccccc4)c3)c3c(-c4ccccc4)c4ccccc4c(-c4ccccc4)c23)c1. The minimum atomic E-state index is -0.314. The van der Waals surface area contributed by atoms with Crippen LogP contribution >= 0.6 is 0 Å². The van der Waals surface area contributed by atoms with Crippen LogP contribution in [-0.4, -0.2) is 0 Å². The summed E-state index contributed by atoms with van der Waals surface area (Å²) in [5.41, 5.74) is 11.0. The molecule has 0 spiro atoms. The van der Waals surface area contributed by atoms with Gasteiger partial charge >= 0.3 is 0 Å². The van der Waals surface area contributed by atoms with Crippen LogP contribution in [0.3, 0.4) is 0 Å². The van der Waals surface area contributed by atoms with Crippen LogP contribution in [0.25, 0.3) is 99.1 Å². The smallest absolute Gasteiger partial charge is 0.124 e. The van der Waals surface area contributed by atoms with E-state index in [0.717, 1.165) is 99.1 Å². The molecule has 0 heterocycles. The molecule has 0 N–H and O–H groups in total. The summed E-state index contributed by atoms with van der Waals surface area (Å²) in [6, 6.07) is 68.5. The predicted molar refractivity (Wildman–Crippen MR) is 231 cm³/mol. The Balaban J connectivity index is 1.49. The fourth-order valence-corrected chi connectivity index (χ4v) is 8.60. The van der Waals surface area contributed by atoms with Crippen molar-refractivity contribution in [2.75, 3.05) is 0 Å². The van der Waals surface area contributed by atoms with Crippen molar-refractivity contribution in [3.05, 3.63) is 218 Å². The molecule has 0 aliphatic heterocycles. The predicted octanol–water partition coefficient (Wildman–Crippen LogP) is 15.4. The first-order chi connectivity index (χ1) is 27.6. The van der Waals surface area contributed by atoms with Crippen LogP contribution in [0.1, 0.15) is 0 Å². The third-order valence-electron chi connectivity index (χ3n) is 10.9. The summed E-state index contributed by atoms with van der Waals surface area (Å²) in [6.07, 6.45) is 0. The van der Waals surface area contributed by atoms with Gasteiger partial charge in [-0.15, -0.1) is 0 Å². The van der Waals surface area contributed by atoms with Gasteiger partial charge in [0, 0.05) is 0 Å². The molecule has 0 radical (unpaired) electrons. The van der Waals surface area contributed by atoms with Crippen LogP contribution in [0.15, 0.2) is 206 Å². The lowest BCUT2D eigenvalue weighted by molar-refractivity contribution is 0.628. The monoisotopic (exact) mass is 720 g/mol. The molecule has 0 saturated heterocycles. The van der Waals surface area contributed by atoms with Crippen molar-refractivity contribution in [3.8, 4) is 66.8 Å². The molecule has 0 fully saturated rings. The van der Waals surface area contributed by atoms with Crippen LogP contribution in [0.4, 0.5) is 8.78 Å². The first kappa shape index (κ1) is 33.4. The molecule has 0 aliphatic carbocycles. The maximum absolute atomic E-state index is 16.2. The molecule has 0 atom stereocenters. The fraction of sp³-hybridized carbons (Fsp3) is 0. The van der Waals surface area contributed by atoms with E-state index in [1.807, 2.05) is 84.9 Å². The van der Waals surface area contributed by atoms with Gasteiger partial charge in [-0.3, -0.25) is 0 Å². The van der Waals surface area contributed by atoms with Crippen molar-refractivity contribution in [3.63, 3.8) is 0 Å². The number of benzene rings is 10. The van der Waals surface area contributed by atoms with Crippen LogP contribution in [0.5, 0.6) is 0 Å². The molecule has 56 heavy (non-hydrogen) atoms. The molecule has 0 aliphatic rings. The summed E-state index contributed by atoms with van der Waals surface area (Å²) >= 11 is 0. The van der Waals surface area contributed by atoms with E-state index in [4.69, 9.17) is 0 Å². The molecule has 10 aromatic carbocycles. The van der Waals surface area contributed by atoms with Crippen molar-refractivity contribution >= 4 is 32.3 Å². The minimum Gasteiger partial charge on any atom is -0.207 e. The molecule has 0 amide bonds.